The SMILES string of the molecule is COc1ccc(OC)c(S(=O)(=O)N(C)CC(=O)Nc2ccccc2Cl)c1. The molecule has 0 unspecified atom stereocenters. The third-order valence-corrected chi connectivity index (χ3v) is 5.73. The number of hydrogen-bond acceptors (Lipinski definition) is 5. The van der Waals surface area contributed by atoms with Crippen LogP contribution in [0.1, 0.15) is 0 Å². The highest BCUT2D eigenvalue weighted by atomic mass is 35.5. The third kappa shape index (κ3) is 4.46. The third-order valence-electron chi connectivity index (χ3n) is 3.57. The molecule has 0 heterocycles. The predicted molar refractivity (Wildman–Crippen MR) is 99.4 cm³/mol. The Morgan fingerprint density at radius 3 is 2.46 bits per heavy atom. The second kappa shape index (κ2) is 8.39. The van der Waals surface area contributed by atoms with Gasteiger partial charge in [-0.15, -0.1) is 0 Å². The molecule has 0 radical (unpaired) electrons. The van der Waals surface area contributed by atoms with E-state index in [-0.39, 0.29) is 10.6 Å². The Morgan fingerprint density at radius 1 is 1.15 bits per heavy atom. The first kappa shape index (κ1) is 20.0. The molecule has 0 aliphatic heterocycles. The van der Waals surface area contributed by atoms with Crippen molar-refractivity contribution in [3.63, 3.8) is 0 Å². The van der Waals surface area contributed by atoms with E-state index in [1.54, 1.807) is 30.3 Å². The van der Waals surface area contributed by atoms with Gasteiger partial charge in [-0.05, 0) is 24.3 Å². The quantitative estimate of drug-likeness (QED) is 0.774. The number of nitrogens with one attached hydrogen (secondary N) is 1. The fraction of sp³-hybridized carbons (Fsp3) is 0.235. The van der Waals surface area contributed by atoms with Gasteiger partial charge in [0.2, 0.25) is 15.9 Å². The van der Waals surface area contributed by atoms with Crippen molar-refractivity contribution >= 4 is 33.2 Å². The molecule has 26 heavy (non-hydrogen) atoms. The Kier molecular flexibility index (Phi) is 6.47. The van der Waals surface area contributed by atoms with Crippen molar-refractivity contribution in [2.45, 2.75) is 4.90 Å². The Balaban J connectivity index is 2.21. The van der Waals surface area contributed by atoms with Crippen LogP contribution in [0.25, 0.3) is 0 Å². The fourth-order valence-electron chi connectivity index (χ4n) is 2.19. The van der Waals surface area contributed by atoms with E-state index in [1.165, 1.54) is 33.4 Å². The summed E-state index contributed by atoms with van der Waals surface area (Å²) >= 11 is 5.99. The summed E-state index contributed by atoms with van der Waals surface area (Å²) in [6, 6.07) is 11.1. The zero-order valence-electron chi connectivity index (χ0n) is 14.5. The molecule has 0 bridgehead atoms. The molecule has 9 heteroatoms. The van der Waals surface area contributed by atoms with Gasteiger partial charge in [0.1, 0.15) is 16.4 Å². The maximum atomic E-state index is 12.8. The summed E-state index contributed by atoms with van der Waals surface area (Å²) in [6.07, 6.45) is 0. The number of likely N-dealkylation sites (N-methyl/N-ethyl adjacent to an activating group) is 1. The van der Waals surface area contributed by atoms with Crippen molar-refractivity contribution in [1.29, 1.82) is 0 Å². The van der Waals surface area contributed by atoms with Crippen LogP contribution in [0.15, 0.2) is 47.4 Å². The van der Waals surface area contributed by atoms with Gasteiger partial charge in [-0.2, -0.15) is 4.31 Å². The van der Waals surface area contributed by atoms with Gasteiger partial charge >= 0.3 is 0 Å². The van der Waals surface area contributed by atoms with E-state index in [4.69, 9.17) is 21.1 Å². The molecule has 0 saturated carbocycles. The van der Waals surface area contributed by atoms with Crippen molar-refractivity contribution in [1.82, 2.24) is 4.31 Å². The first-order valence-electron chi connectivity index (χ1n) is 7.52. The van der Waals surface area contributed by atoms with Crippen molar-refractivity contribution in [2.75, 3.05) is 33.1 Å². The molecule has 0 aliphatic rings. The first-order chi connectivity index (χ1) is 12.3. The second-order valence-corrected chi connectivity index (χ2v) is 7.73. The summed E-state index contributed by atoms with van der Waals surface area (Å²) in [4.78, 5) is 12.1. The van der Waals surface area contributed by atoms with Crippen LogP contribution in [-0.2, 0) is 14.8 Å². The molecule has 1 amide bonds. The number of hydrogen-bond donors (Lipinski definition) is 1. The number of anilines is 1. The van der Waals surface area contributed by atoms with Gasteiger partial charge < -0.3 is 14.8 Å². The number of carbonyl (C=O) groups excluding carboxylic acids is 1. The van der Waals surface area contributed by atoms with Crippen molar-refractivity contribution in [3.05, 3.63) is 47.5 Å². The molecule has 140 valence electrons. The highest BCUT2D eigenvalue weighted by molar-refractivity contribution is 7.89. The molecular weight excluding hydrogens is 380 g/mol. The van der Waals surface area contributed by atoms with Gasteiger partial charge in [0.25, 0.3) is 0 Å². The smallest absolute Gasteiger partial charge is 0.247 e. The molecule has 2 rings (SSSR count). The largest absolute Gasteiger partial charge is 0.497 e. The van der Waals surface area contributed by atoms with Crippen molar-refractivity contribution in [3.8, 4) is 11.5 Å². The van der Waals surface area contributed by atoms with Gasteiger partial charge in [0.15, 0.2) is 0 Å². The average molecular weight is 399 g/mol. The molecule has 0 fully saturated rings. The van der Waals surface area contributed by atoms with E-state index < -0.39 is 22.5 Å². The number of halogens is 1. The number of sulfonamides is 1. The lowest BCUT2D eigenvalue weighted by atomic mass is 10.3. The molecule has 0 atom stereocenters. The number of para-hydroxylation sites is 1. The number of benzene rings is 2. The zero-order chi connectivity index (χ0) is 19.3. The predicted octanol–water partition coefficient (Wildman–Crippen LogP) is 2.62. The molecule has 0 aliphatic carbocycles. The Labute approximate surface area is 157 Å². The van der Waals surface area contributed by atoms with E-state index in [1.807, 2.05) is 0 Å². The zero-order valence-corrected chi connectivity index (χ0v) is 16.1. The minimum absolute atomic E-state index is 0.0904. The maximum absolute atomic E-state index is 12.8. The van der Waals surface area contributed by atoms with Crippen LogP contribution in [0.4, 0.5) is 5.69 Å². The molecule has 2 aromatic carbocycles. The van der Waals surface area contributed by atoms with E-state index in [0.29, 0.717) is 16.5 Å². The fourth-order valence-corrected chi connectivity index (χ4v) is 3.67. The van der Waals surface area contributed by atoms with Gasteiger partial charge in [-0.1, -0.05) is 23.7 Å². The molecule has 0 spiro atoms. The Hall–Kier alpha value is -2.29. The summed E-state index contributed by atoms with van der Waals surface area (Å²) in [5.41, 5.74) is 0.406. The summed E-state index contributed by atoms with van der Waals surface area (Å²) in [5.74, 6) is -0.00602. The van der Waals surface area contributed by atoms with Gasteiger partial charge in [0, 0.05) is 13.1 Å². The minimum Gasteiger partial charge on any atom is -0.497 e. The standard InChI is InChI=1S/C17H19ClN2O5S/c1-20(11-17(21)19-14-7-5-4-6-13(14)18)26(22,23)16-10-12(24-2)8-9-15(16)25-3/h4-10H,11H2,1-3H3,(H,19,21). The van der Waals surface area contributed by atoms with Crippen molar-refractivity contribution in [2.24, 2.45) is 0 Å². The number of carbonyl (C=O) groups is 1. The van der Waals surface area contributed by atoms with Crippen LogP contribution in [0, 0.1) is 0 Å². The maximum Gasteiger partial charge on any atom is 0.247 e. The molecule has 2 aromatic rings. The average Bonchev–Trinajstić information content (AvgIpc) is 2.62. The number of rotatable bonds is 7. The van der Waals surface area contributed by atoms with Crippen LogP contribution < -0.4 is 14.8 Å². The van der Waals surface area contributed by atoms with Gasteiger partial charge in [-0.25, -0.2) is 8.42 Å². The molecule has 0 aromatic heterocycles. The molecular formula is C17H19ClN2O5S. The minimum atomic E-state index is -3.98. The molecule has 0 saturated heterocycles. The van der Waals surface area contributed by atoms with Crippen LogP contribution >= 0.6 is 11.6 Å². The van der Waals surface area contributed by atoms with E-state index in [0.717, 1.165) is 4.31 Å². The summed E-state index contributed by atoms with van der Waals surface area (Å²) in [7, 11) is 0.124. The van der Waals surface area contributed by atoms with E-state index in [2.05, 4.69) is 5.32 Å². The summed E-state index contributed by atoms with van der Waals surface area (Å²) in [6.45, 7) is -0.395. The lowest BCUT2D eigenvalue weighted by Gasteiger charge is -2.19. The highest BCUT2D eigenvalue weighted by Crippen LogP contribution is 2.30. The number of ether oxygens (including phenoxy) is 2. The van der Waals surface area contributed by atoms with E-state index >= 15 is 0 Å². The topological polar surface area (TPSA) is 84.9 Å². The lowest BCUT2D eigenvalue weighted by molar-refractivity contribution is -0.116. The number of methoxy groups -OCH3 is 2. The summed E-state index contributed by atoms with van der Waals surface area (Å²) < 4.78 is 36.8. The molecule has 1 N–H and O–H groups in total. The van der Waals surface area contributed by atoms with Crippen LogP contribution in [0.3, 0.4) is 0 Å². The first-order valence-corrected chi connectivity index (χ1v) is 9.34. The van der Waals surface area contributed by atoms with Crippen LogP contribution in [0.5, 0.6) is 11.5 Å². The normalized spacial score (nSPS) is 11.3. The second-order valence-electron chi connectivity index (χ2n) is 5.31. The monoisotopic (exact) mass is 398 g/mol. The van der Waals surface area contributed by atoms with Crippen molar-refractivity contribution < 1.29 is 22.7 Å². The van der Waals surface area contributed by atoms with Gasteiger partial charge in [0.05, 0.1) is 31.5 Å². The van der Waals surface area contributed by atoms with Crippen LogP contribution in [-0.4, -0.2) is 46.4 Å². The Morgan fingerprint density at radius 2 is 1.85 bits per heavy atom. The summed E-state index contributed by atoms with van der Waals surface area (Å²) in [5, 5.41) is 2.94. The van der Waals surface area contributed by atoms with Crippen LogP contribution in [0.2, 0.25) is 5.02 Å². The molecule has 7 nitrogen and oxygen atoms in total. The number of nitrogens with zero attached hydrogens (tertiary/aromatic N) is 1. The van der Waals surface area contributed by atoms with E-state index in [9.17, 15) is 13.2 Å². The highest BCUT2D eigenvalue weighted by Gasteiger charge is 2.27. The number of amides is 1. The van der Waals surface area contributed by atoms with Gasteiger partial charge in [-0.3, -0.25) is 4.79 Å². The Bertz CT molecular complexity index is 902. The lowest BCUT2D eigenvalue weighted by Crippen LogP contribution is -2.35.